The van der Waals surface area contributed by atoms with E-state index in [1.54, 1.807) is 20.3 Å². The van der Waals surface area contributed by atoms with Gasteiger partial charge in [0, 0.05) is 11.0 Å². The smallest absolute Gasteiger partial charge is 0.283 e. The van der Waals surface area contributed by atoms with Crippen molar-refractivity contribution in [1.82, 2.24) is 0 Å². The van der Waals surface area contributed by atoms with Crippen molar-refractivity contribution in [2.45, 2.75) is 11.4 Å². The molecule has 2 aliphatic heterocycles. The second kappa shape index (κ2) is 6.41. The standard InChI is InChI=1S/C17H14N2O6S/c1-22-12-3-9-7-18-17(26-16(9)6-13(12)23-2)10-4-14-15(25-8-24-14)5-11(10)19(20)21/h3-6H,7-8H2,1-2H3. The quantitative estimate of drug-likeness (QED) is 0.598. The summed E-state index contributed by atoms with van der Waals surface area (Å²) in [6, 6.07) is 6.71. The molecule has 0 aliphatic carbocycles. The molecular weight excluding hydrogens is 360 g/mol. The lowest BCUT2D eigenvalue weighted by molar-refractivity contribution is -0.385. The van der Waals surface area contributed by atoms with Crippen molar-refractivity contribution in [1.29, 1.82) is 0 Å². The topological polar surface area (TPSA) is 92.4 Å². The third kappa shape index (κ3) is 2.70. The molecule has 2 aromatic rings. The molecule has 0 unspecified atom stereocenters. The molecule has 0 spiro atoms. The summed E-state index contributed by atoms with van der Waals surface area (Å²) in [6.07, 6.45) is 0. The van der Waals surface area contributed by atoms with Gasteiger partial charge in [0.05, 0.1) is 37.3 Å². The number of rotatable bonds is 4. The summed E-state index contributed by atoms with van der Waals surface area (Å²) in [7, 11) is 3.14. The van der Waals surface area contributed by atoms with Crippen LogP contribution in [0.1, 0.15) is 11.1 Å². The van der Waals surface area contributed by atoms with Crippen LogP contribution in [0.5, 0.6) is 23.0 Å². The summed E-state index contributed by atoms with van der Waals surface area (Å²) in [6.45, 7) is 0.443. The Balaban J connectivity index is 1.76. The van der Waals surface area contributed by atoms with Crippen LogP contribution < -0.4 is 18.9 Å². The molecule has 0 saturated carbocycles. The Kier molecular flexibility index (Phi) is 4.08. The van der Waals surface area contributed by atoms with Gasteiger partial charge in [-0.05, 0) is 17.7 Å². The predicted octanol–water partition coefficient (Wildman–Crippen LogP) is 3.39. The van der Waals surface area contributed by atoms with Gasteiger partial charge in [0.1, 0.15) is 5.04 Å². The van der Waals surface area contributed by atoms with E-state index in [0.29, 0.717) is 40.1 Å². The molecule has 9 heteroatoms. The van der Waals surface area contributed by atoms with Crippen molar-refractivity contribution in [2.75, 3.05) is 21.0 Å². The summed E-state index contributed by atoms with van der Waals surface area (Å²) >= 11 is 1.35. The van der Waals surface area contributed by atoms with Gasteiger partial charge in [0.2, 0.25) is 6.79 Å². The molecule has 8 nitrogen and oxygen atoms in total. The molecule has 26 heavy (non-hydrogen) atoms. The summed E-state index contributed by atoms with van der Waals surface area (Å²) in [4.78, 5) is 16.5. The lowest BCUT2D eigenvalue weighted by atomic mass is 10.1. The highest BCUT2D eigenvalue weighted by Crippen LogP contribution is 2.44. The van der Waals surface area contributed by atoms with Crippen LogP contribution in [0, 0.1) is 10.1 Å². The predicted molar refractivity (Wildman–Crippen MR) is 94.9 cm³/mol. The molecule has 0 fully saturated rings. The van der Waals surface area contributed by atoms with Crippen LogP contribution in [0.4, 0.5) is 5.69 Å². The van der Waals surface area contributed by atoms with Gasteiger partial charge in [-0.1, -0.05) is 11.8 Å². The first-order chi connectivity index (χ1) is 12.6. The maximum atomic E-state index is 11.5. The number of aliphatic imine (C=N–C) groups is 1. The highest BCUT2D eigenvalue weighted by atomic mass is 32.2. The summed E-state index contributed by atoms with van der Waals surface area (Å²) in [5.74, 6) is 2.07. The van der Waals surface area contributed by atoms with Crippen molar-refractivity contribution in [3.63, 3.8) is 0 Å². The van der Waals surface area contributed by atoms with Crippen LogP contribution in [0.25, 0.3) is 0 Å². The van der Waals surface area contributed by atoms with Gasteiger partial charge in [-0.15, -0.1) is 0 Å². The number of fused-ring (bicyclic) bond motifs is 2. The summed E-state index contributed by atoms with van der Waals surface area (Å²) in [5.41, 5.74) is 1.31. The molecule has 0 atom stereocenters. The minimum Gasteiger partial charge on any atom is -0.493 e. The van der Waals surface area contributed by atoms with Crippen molar-refractivity contribution in [3.8, 4) is 23.0 Å². The zero-order valence-corrected chi connectivity index (χ0v) is 14.8. The summed E-state index contributed by atoms with van der Waals surface area (Å²) < 4.78 is 21.3. The summed E-state index contributed by atoms with van der Waals surface area (Å²) in [5, 5.41) is 12.1. The molecule has 2 heterocycles. The van der Waals surface area contributed by atoms with Gasteiger partial charge in [-0.3, -0.25) is 15.1 Å². The maximum Gasteiger partial charge on any atom is 0.283 e. The number of hydrogen-bond acceptors (Lipinski definition) is 8. The Bertz CT molecular complexity index is 943. The van der Waals surface area contributed by atoms with Gasteiger partial charge in [0.15, 0.2) is 23.0 Å². The molecule has 0 aromatic heterocycles. The molecule has 2 aromatic carbocycles. The Labute approximate surface area is 152 Å². The van der Waals surface area contributed by atoms with Gasteiger partial charge in [-0.25, -0.2) is 0 Å². The lowest BCUT2D eigenvalue weighted by Crippen LogP contribution is -2.07. The number of ether oxygens (including phenoxy) is 4. The van der Waals surface area contributed by atoms with E-state index in [2.05, 4.69) is 4.99 Å². The minimum atomic E-state index is -0.440. The second-order valence-corrected chi connectivity index (χ2v) is 6.55. The third-order valence-electron chi connectivity index (χ3n) is 4.08. The number of benzene rings is 2. The van der Waals surface area contributed by atoms with Crippen LogP contribution in [-0.2, 0) is 6.54 Å². The average Bonchev–Trinajstić information content (AvgIpc) is 3.12. The Morgan fingerprint density at radius 1 is 1.12 bits per heavy atom. The van der Waals surface area contributed by atoms with Crippen molar-refractivity contribution >= 4 is 22.5 Å². The average molecular weight is 374 g/mol. The minimum absolute atomic E-state index is 0.0510. The van der Waals surface area contributed by atoms with Gasteiger partial charge >= 0.3 is 0 Å². The molecular formula is C17H14N2O6S. The molecule has 2 aliphatic rings. The Hall–Kier alpha value is -2.94. The first kappa shape index (κ1) is 16.5. The van der Waals surface area contributed by atoms with Gasteiger partial charge in [0.25, 0.3) is 5.69 Å². The third-order valence-corrected chi connectivity index (χ3v) is 5.23. The first-order valence-electron chi connectivity index (χ1n) is 7.66. The van der Waals surface area contributed by atoms with E-state index >= 15 is 0 Å². The van der Waals surface area contributed by atoms with Crippen LogP contribution in [0.15, 0.2) is 34.2 Å². The van der Waals surface area contributed by atoms with E-state index in [0.717, 1.165) is 10.5 Å². The first-order valence-corrected chi connectivity index (χ1v) is 8.48. The highest BCUT2D eigenvalue weighted by molar-refractivity contribution is 8.14. The van der Waals surface area contributed by atoms with E-state index in [4.69, 9.17) is 18.9 Å². The highest BCUT2D eigenvalue weighted by Gasteiger charge is 2.28. The normalized spacial score (nSPS) is 14.5. The number of nitrogens with zero attached hydrogens (tertiary/aromatic N) is 2. The van der Waals surface area contributed by atoms with Gasteiger partial charge in [-0.2, -0.15) is 0 Å². The maximum absolute atomic E-state index is 11.5. The molecule has 4 rings (SSSR count). The van der Waals surface area contributed by atoms with Crippen LogP contribution in [-0.4, -0.2) is 31.0 Å². The van der Waals surface area contributed by atoms with Crippen molar-refractivity contribution in [3.05, 3.63) is 45.5 Å². The number of hydrogen-bond donors (Lipinski definition) is 0. The van der Waals surface area contributed by atoms with Crippen molar-refractivity contribution in [2.24, 2.45) is 4.99 Å². The lowest BCUT2D eigenvalue weighted by Gasteiger charge is -2.18. The van der Waals surface area contributed by atoms with Crippen LogP contribution >= 0.6 is 11.8 Å². The number of nitro benzene ring substituents is 1. The second-order valence-electron chi connectivity index (χ2n) is 5.52. The fraction of sp³-hybridized carbons (Fsp3) is 0.235. The monoisotopic (exact) mass is 374 g/mol. The largest absolute Gasteiger partial charge is 0.493 e. The molecule has 0 N–H and O–H groups in total. The SMILES string of the molecule is COc1cc2c(cc1OC)SC(c1cc3c(cc1[N+](=O)[O-])OCO3)=NC2. The fourth-order valence-electron chi connectivity index (χ4n) is 2.81. The zero-order valence-electron chi connectivity index (χ0n) is 14.0. The van der Waals surface area contributed by atoms with E-state index in [1.807, 2.05) is 12.1 Å². The molecule has 0 saturated heterocycles. The van der Waals surface area contributed by atoms with E-state index in [-0.39, 0.29) is 12.5 Å². The number of nitro groups is 1. The number of methoxy groups -OCH3 is 2. The Morgan fingerprint density at radius 2 is 1.81 bits per heavy atom. The number of thioether (sulfide) groups is 1. The van der Waals surface area contributed by atoms with E-state index < -0.39 is 4.92 Å². The Morgan fingerprint density at radius 3 is 2.50 bits per heavy atom. The van der Waals surface area contributed by atoms with Crippen LogP contribution in [0.3, 0.4) is 0 Å². The van der Waals surface area contributed by atoms with E-state index in [1.165, 1.54) is 17.8 Å². The molecule has 0 amide bonds. The van der Waals surface area contributed by atoms with Gasteiger partial charge < -0.3 is 18.9 Å². The van der Waals surface area contributed by atoms with Crippen LogP contribution in [0.2, 0.25) is 0 Å². The zero-order chi connectivity index (χ0) is 18.3. The molecule has 0 bridgehead atoms. The fourth-order valence-corrected chi connectivity index (χ4v) is 3.84. The van der Waals surface area contributed by atoms with E-state index in [9.17, 15) is 10.1 Å². The van der Waals surface area contributed by atoms with Crippen molar-refractivity contribution < 1.29 is 23.9 Å². The molecule has 134 valence electrons. The molecule has 0 radical (unpaired) electrons.